The molecule has 9 heteroatoms. The van der Waals surface area contributed by atoms with Crippen LogP contribution in [0.15, 0.2) is 18.2 Å². The van der Waals surface area contributed by atoms with Crippen LogP contribution in [-0.4, -0.2) is 53.9 Å². The summed E-state index contributed by atoms with van der Waals surface area (Å²) in [5.74, 6) is -2.39. The lowest BCUT2D eigenvalue weighted by Crippen LogP contribution is -2.54. The van der Waals surface area contributed by atoms with E-state index in [-0.39, 0.29) is 31.1 Å². The molecule has 2 heterocycles. The summed E-state index contributed by atoms with van der Waals surface area (Å²) in [7, 11) is 0. The fraction of sp³-hybridized carbons (Fsp3) is 0.467. The number of carboxylic acids is 1. The van der Waals surface area contributed by atoms with Crippen LogP contribution in [0.3, 0.4) is 0 Å². The number of nitrogens with zero attached hydrogens (tertiary/aromatic N) is 1. The summed E-state index contributed by atoms with van der Waals surface area (Å²) < 4.78 is 50.1. The van der Waals surface area contributed by atoms with E-state index in [2.05, 4.69) is 0 Å². The maximum Gasteiger partial charge on any atom is 0.412 e. The first-order valence-electron chi connectivity index (χ1n) is 7.21. The lowest BCUT2D eigenvalue weighted by Gasteiger charge is -2.35. The fourth-order valence-corrected chi connectivity index (χ4v) is 2.62. The molecule has 1 fully saturated rings. The Balaban J connectivity index is 1.94. The molecular weight excluding hydrogens is 331 g/mol. The Kier molecular flexibility index (Phi) is 4.12. The maximum absolute atomic E-state index is 13.3. The number of aromatic carboxylic acids is 1. The lowest BCUT2D eigenvalue weighted by molar-refractivity contribution is -0.201. The number of fused-ring (bicyclic) bond motifs is 1. The first-order valence-corrected chi connectivity index (χ1v) is 7.21. The van der Waals surface area contributed by atoms with E-state index in [0.29, 0.717) is 5.56 Å². The highest BCUT2D eigenvalue weighted by atomic mass is 19.4. The third-order valence-electron chi connectivity index (χ3n) is 4.08. The second-order valence-electron chi connectivity index (χ2n) is 5.70. The number of rotatable bonds is 2. The van der Waals surface area contributed by atoms with Crippen molar-refractivity contribution in [2.75, 3.05) is 19.8 Å². The maximum atomic E-state index is 13.3. The van der Waals surface area contributed by atoms with Crippen molar-refractivity contribution < 1.29 is 37.3 Å². The van der Waals surface area contributed by atoms with Crippen molar-refractivity contribution in [1.29, 1.82) is 0 Å². The van der Waals surface area contributed by atoms with Gasteiger partial charge in [0.2, 0.25) is 5.91 Å². The molecule has 1 amide bonds. The second-order valence-corrected chi connectivity index (χ2v) is 5.70. The monoisotopic (exact) mass is 345 g/mol. The SMILES string of the molecule is O=C(O)c1ccc2c(c1)OCC(C(F)(F)F)N(C(=O)C1COC1)C2. The lowest BCUT2D eigenvalue weighted by atomic mass is 10.0. The van der Waals surface area contributed by atoms with E-state index in [0.717, 1.165) is 4.90 Å². The van der Waals surface area contributed by atoms with E-state index in [4.69, 9.17) is 14.6 Å². The molecule has 1 unspecified atom stereocenters. The van der Waals surface area contributed by atoms with Crippen molar-refractivity contribution in [1.82, 2.24) is 4.90 Å². The highest BCUT2D eigenvalue weighted by Gasteiger charge is 2.49. The van der Waals surface area contributed by atoms with Gasteiger partial charge in [0.25, 0.3) is 0 Å². The minimum atomic E-state index is -4.65. The normalized spacial score (nSPS) is 21.3. The summed E-state index contributed by atoms with van der Waals surface area (Å²) in [5, 5.41) is 8.98. The average Bonchev–Trinajstić information content (AvgIpc) is 2.63. The predicted octanol–water partition coefficient (Wildman–Crippen LogP) is 1.68. The molecule has 0 aromatic heterocycles. The standard InChI is InChI=1S/C15H14F3NO5/c16-15(17,18)12-7-24-11-3-8(14(21)22)1-2-9(11)4-19(12)13(20)10-5-23-6-10/h1-3,10,12H,4-7H2,(H,21,22). The van der Waals surface area contributed by atoms with Gasteiger partial charge in [0.05, 0.1) is 31.2 Å². The number of alkyl halides is 3. The first kappa shape index (κ1) is 16.6. The van der Waals surface area contributed by atoms with Crippen LogP contribution in [0.2, 0.25) is 0 Å². The Morgan fingerprint density at radius 2 is 1.92 bits per heavy atom. The highest BCUT2D eigenvalue weighted by molar-refractivity contribution is 5.88. The van der Waals surface area contributed by atoms with Gasteiger partial charge in [-0.2, -0.15) is 13.2 Å². The second kappa shape index (κ2) is 5.97. The van der Waals surface area contributed by atoms with Crippen LogP contribution in [0.25, 0.3) is 0 Å². The molecule has 3 rings (SSSR count). The van der Waals surface area contributed by atoms with Gasteiger partial charge < -0.3 is 19.5 Å². The summed E-state index contributed by atoms with van der Waals surface area (Å²) in [6.45, 7) is -0.870. The van der Waals surface area contributed by atoms with E-state index in [1.165, 1.54) is 18.2 Å². The number of benzene rings is 1. The molecule has 1 saturated heterocycles. The van der Waals surface area contributed by atoms with E-state index in [9.17, 15) is 22.8 Å². The number of carbonyl (C=O) groups is 2. The number of hydrogen-bond donors (Lipinski definition) is 1. The molecule has 6 nitrogen and oxygen atoms in total. The molecule has 24 heavy (non-hydrogen) atoms. The molecule has 130 valence electrons. The smallest absolute Gasteiger partial charge is 0.412 e. The van der Waals surface area contributed by atoms with Crippen molar-refractivity contribution in [3.63, 3.8) is 0 Å². The summed E-state index contributed by atoms with van der Waals surface area (Å²) in [4.78, 5) is 24.1. The van der Waals surface area contributed by atoms with Crippen LogP contribution < -0.4 is 4.74 Å². The molecule has 1 aromatic carbocycles. The van der Waals surface area contributed by atoms with Crippen LogP contribution >= 0.6 is 0 Å². The highest BCUT2D eigenvalue weighted by Crippen LogP contribution is 2.34. The number of carboxylic acid groups (broad SMARTS) is 1. The van der Waals surface area contributed by atoms with Gasteiger partial charge in [-0.25, -0.2) is 4.79 Å². The summed E-state index contributed by atoms with van der Waals surface area (Å²) in [5.41, 5.74) is 0.241. The van der Waals surface area contributed by atoms with Crippen LogP contribution in [0.5, 0.6) is 5.75 Å². The molecule has 0 radical (unpaired) electrons. The predicted molar refractivity (Wildman–Crippen MR) is 73.6 cm³/mol. The molecular formula is C15H14F3NO5. The van der Waals surface area contributed by atoms with Crippen molar-refractivity contribution in [3.05, 3.63) is 29.3 Å². The Morgan fingerprint density at radius 3 is 2.46 bits per heavy atom. The average molecular weight is 345 g/mol. The molecule has 0 saturated carbocycles. The summed E-state index contributed by atoms with van der Waals surface area (Å²) >= 11 is 0. The Hall–Kier alpha value is -2.29. The van der Waals surface area contributed by atoms with Crippen LogP contribution in [-0.2, 0) is 16.1 Å². The van der Waals surface area contributed by atoms with E-state index < -0.39 is 36.6 Å². The molecule has 2 aliphatic rings. The minimum Gasteiger partial charge on any atom is -0.491 e. The van der Waals surface area contributed by atoms with E-state index >= 15 is 0 Å². The van der Waals surface area contributed by atoms with Gasteiger partial charge in [-0.3, -0.25) is 4.79 Å². The van der Waals surface area contributed by atoms with Crippen molar-refractivity contribution in [2.45, 2.75) is 18.8 Å². The quantitative estimate of drug-likeness (QED) is 0.883. The Bertz CT molecular complexity index is 672. The summed E-state index contributed by atoms with van der Waals surface area (Å²) in [6.07, 6.45) is -4.65. The number of amides is 1. The van der Waals surface area contributed by atoms with Gasteiger partial charge in [-0.05, 0) is 12.1 Å². The number of hydrogen-bond acceptors (Lipinski definition) is 4. The molecule has 2 aliphatic heterocycles. The van der Waals surface area contributed by atoms with E-state index in [1.807, 2.05) is 0 Å². The summed E-state index contributed by atoms with van der Waals surface area (Å²) in [6, 6.07) is 1.72. The molecule has 0 aliphatic carbocycles. The zero-order chi connectivity index (χ0) is 17.5. The molecule has 0 spiro atoms. The van der Waals surface area contributed by atoms with Crippen molar-refractivity contribution in [3.8, 4) is 5.75 Å². The van der Waals surface area contributed by atoms with Gasteiger partial charge >= 0.3 is 12.1 Å². The molecule has 1 N–H and O–H groups in total. The molecule has 0 bridgehead atoms. The number of ether oxygens (including phenoxy) is 2. The van der Waals surface area contributed by atoms with Gasteiger partial charge in [0.1, 0.15) is 12.4 Å². The Morgan fingerprint density at radius 1 is 1.21 bits per heavy atom. The zero-order valence-electron chi connectivity index (χ0n) is 12.4. The molecule has 1 aromatic rings. The van der Waals surface area contributed by atoms with Crippen LogP contribution in [0.1, 0.15) is 15.9 Å². The third kappa shape index (κ3) is 3.03. The number of carbonyl (C=O) groups excluding carboxylic acids is 1. The first-order chi connectivity index (χ1) is 11.3. The third-order valence-corrected chi connectivity index (χ3v) is 4.08. The van der Waals surface area contributed by atoms with E-state index in [1.54, 1.807) is 0 Å². The van der Waals surface area contributed by atoms with Crippen molar-refractivity contribution >= 4 is 11.9 Å². The van der Waals surface area contributed by atoms with Gasteiger partial charge in [-0.15, -0.1) is 0 Å². The van der Waals surface area contributed by atoms with Crippen LogP contribution in [0, 0.1) is 5.92 Å². The topological polar surface area (TPSA) is 76.1 Å². The van der Waals surface area contributed by atoms with Gasteiger partial charge in [0, 0.05) is 5.56 Å². The van der Waals surface area contributed by atoms with Gasteiger partial charge in [-0.1, -0.05) is 6.07 Å². The Labute approximate surface area is 134 Å². The number of halogens is 3. The fourth-order valence-electron chi connectivity index (χ4n) is 2.62. The molecule has 1 atom stereocenters. The zero-order valence-corrected chi connectivity index (χ0v) is 12.4. The largest absolute Gasteiger partial charge is 0.491 e. The van der Waals surface area contributed by atoms with Crippen molar-refractivity contribution in [2.24, 2.45) is 5.92 Å². The minimum absolute atomic E-state index is 0.0457. The van der Waals surface area contributed by atoms with Crippen LogP contribution in [0.4, 0.5) is 13.2 Å². The van der Waals surface area contributed by atoms with Gasteiger partial charge in [0.15, 0.2) is 6.04 Å².